The summed E-state index contributed by atoms with van der Waals surface area (Å²) >= 11 is 3.29. The van der Waals surface area contributed by atoms with Crippen LogP contribution in [-0.2, 0) is 0 Å². The second-order valence-electron chi connectivity index (χ2n) is 4.67. The Bertz CT molecular complexity index is 436. The number of carbonyl (C=O) groups excluding carboxylic acids is 1. The molecule has 0 bridgehead atoms. The lowest BCUT2D eigenvalue weighted by Crippen LogP contribution is -2.33. The van der Waals surface area contributed by atoms with Crippen molar-refractivity contribution in [2.24, 2.45) is 5.92 Å². The van der Waals surface area contributed by atoms with Crippen molar-refractivity contribution in [3.05, 3.63) is 22.3 Å². The van der Waals surface area contributed by atoms with Gasteiger partial charge in [-0.05, 0) is 47.2 Å². The molecule has 2 unspecified atom stereocenters. The fraction of sp³-hybridized carbons (Fsp3) is 0.500. The molecule has 92 valence electrons. The highest BCUT2D eigenvalue weighted by Gasteiger charge is 2.23. The molecule has 0 saturated heterocycles. The van der Waals surface area contributed by atoms with Crippen LogP contribution in [0.15, 0.2) is 16.7 Å². The van der Waals surface area contributed by atoms with Gasteiger partial charge in [0.1, 0.15) is 5.82 Å². The SMILES string of the molecule is CC1CCC(NC(=O)c2cc(Br)cnc2N)C1. The van der Waals surface area contributed by atoms with Crippen LogP contribution in [0.2, 0.25) is 0 Å². The van der Waals surface area contributed by atoms with Crippen molar-refractivity contribution < 1.29 is 4.79 Å². The second kappa shape index (κ2) is 5.04. The Balaban J connectivity index is 2.06. The third kappa shape index (κ3) is 2.97. The minimum atomic E-state index is -0.129. The molecule has 0 aromatic carbocycles. The predicted octanol–water partition coefficient (Wildman–Crippen LogP) is 2.34. The Morgan fingerprint density at radius 2 is 2.35 bits per heavy atom. The standard InChI is InChI=1S/C12H16BrN3O/c1-7-2-3-9(4-7)16-12(17)10-5-8(13)6-15-11(10)14/h5-7,9H,2-4H2,1H3,(H2,14,15)(H,16,17). The average Bonchev–Trinajstić information content (AvgIpc) is 2.67. The summed E-state index contributed by atoms with van der Waals surface area (Å²) in [5, 5.41) is 3.01. The first kappa shape index (κ1) is 12.4. The Labute approximate surface area is 109 Å². The molecule has 1 aliphatic carbocycles. The molecule has 1 aliphatic rings. The van der Waals surface area contributed by atoms with Gasteiger partial charge in [0.15, 0.2) is 0 Å². The summed E-state index contributed by atoms with van der Waals surface area (Å²) < 4.78 is 0.761. The van der Waals surface area contributed by atoms with Gasteiger partial charge in [-0.1, -0.05) is 6.92 Å². The minimum absolute atomic E-state index is 0.129. The van der Waals surface area contributed by atoms with Crippen LogP contribution in [0.25, 0.3) is 0 Å². The van der Waals surface area contributed by atoms with Gasteiger partial charge >= 0.3 is 0 Å². The van der Waals surface area contributed by atoms with E-state index in [1.165, 1.54) is 6.42 Å². The number of pyridine rings is 1. The zero-order valence-electron chi connectivity index (χ0n) is 9.74. The molecule has 1 heterocycles. The van der Waals surface area contributed by atoms with E-state index in [2.05, 4.69) is 33.2 Å². The van der Waals surface area contributed by atoms with Gasteiger partial charge in [-0.15, -0.1) is 0 Å². The van der Waals surface area contributed by atoms with Crippen LogP contribution < -0.4 is 11.1 Å². The van der Waals surface area contributed by atoms with Crippen LogP contribution in [0.1, 0.15) is 36.5 Å². The number of nitrogens with two attached hydrogens (primary N) is 1. The molecule has 1 saturated carbocycles. The number of halogens is 1. The van der Waals surface area contributed by atoms with E-state index >= 15 is 0 Å². The Morgan fingerprint density at radius 1 is 1.59 bits per heavy atom. The molecular formula is C12H16BrN3O. The van der Waals surface area contributed by atoms with E-state index in [1.807, 2.05) is 0 Å². The van der Waals surface area contributed by atoms with Crippen LogP contribution in [0.4, 0.5) is 5.82 Å². The Kier molecular flexibility index (Phi) is 3.66. The first-order chi connectivity index (χ1) is 8.06. The molecule has 1 aromatic rings. The summed E-state index contributed by atoms with van der Waals surface area (Å²) in [6.07, 6.45) is 4.86. The molecule has 2 rings (SSSR count). The maximum Gasteiger partial charge on any atom is 0.255 e. The van der Waals surface area contributed by atoms with E-state index in [0.717, 1.165) is 17.3 Å². The lowest BCUT2D eigenvalue weighted by molar-refractivity contribution is 0.0938. The first-order valence-corrected chi connectivity index (χ1v) is 6.57. The predicted molar refractivity (Wildman–Crippen MR) is 70.6 cm³/mol. The van der Waals surface area contributed by atoms with E-state index < -0.39 is 0 Å². The van der Waals surface area contributed by atoms with Crippen molar-refractivity contribution >= 4 is 27.7 Å². The van der Waals surface area contributed by atoms with Crippen LogP contribution in [0.5, 0.6) is 0 Å². The number of anilines is 1. The van der Waals surface area contributed by atoms with Crippen molar-refractivity contribution in [1.29, 1.82) is 0 Å². The van der Waals surface area contributed by atoms with E-state index in [4.69, 9.17) is 5.73 Å². The van der Waals surface area contributed by atoms with Crippen LogP contribution in [-0.4, -0.2) is 16.9 Å². The zero-order valence-corrected chi connectivity index (χ0v) is 11.3. The number of amides is 1. The van der Waals surface area contributed by atoms with E-state index in [1.54, 1.807) is 12.3 Å². The summed E-state index contributed by atoms with van der Waals surface area (Å²) in [6, 6.07) is 1.98. The van der Waals surface area contributed by atoms with Gasteiger partial charge in [0.05, 0.1) is 5.56 Å². The highest BCUT2D eigenvalue weighted by atomic mass is 79.9. The maximum atomic E-state index is 12.0. The van der Waals surface area contributed by atoms with Crippen LogP contribution in [0, 0.1) is 5.92 Å². The largest absolute Gasteiger partial charge is 0.383 e. The quantitative estimate of drug-likeness (QED) is 0.880. The molecule has 2 atom stereocenters. The molecule has 1 fully saturated rings. The van der Waals surface area contributed by atoms with Crippen molar-refractivity contribution in [2.45, 2.75) is 32.2 Å². The smallest absolute Gasteiger partial charge is 0.255 e. The van der Waals surface area contributed by atoms with Crippen molar-refractivity contribution in [2.75, 3.05) is 5.73 Å². The highest BCUT2D eigenvalue weighted by Crippen LogP contribution is 2.25. The lowest BCUT2D eigenvalue weighted by atomic mass is 10.1. The summed E-state index contributed by atoms with van der Waals surface area (Å²) in [7, 11) is 0. The maximum absolute atomic E-state index is 12.0. The van der Waals surface area contributed by atoms with Gasteiger partial charge in [0, 0.05) is 16.7 Å². The van der Waals surface area contributed by atoms with Gasteiger partial charge in [-0.2, -0.15) is 0 Å². The summed E-state index contributed by atoms with van der Waals surface area (Å²) in [6.45, 7) is 2.21. The van der Waals surface area contributed by atoms with Gasteiger partial charge in [0.2, 0.25) is 0 Å². The fourth-order valence-corrected chi connectivity index (χ4v) is 2.56. The molecule has 0 radical (unpaired) electrons. The van der Waals surface area contributed by atoms with Gasteiger partial charge in [-0.25, -0.2) is 4.98 Å². The molecule has 4 nitrogen and oxygen atoms in total. The van der Waals surface area contributed by atoms with Crippen molar-refractivity contribution in [3.8, 4) is 0 Å². The third-order valence-electron chi connectivity index (χ3n) is 3.16. The summed E-state index contributed by atoms with van der Waals surface area (Å²) in [5.74, 6) is 0.838. The van der Waals surface area contributed by atoms with E-state index in [9.17, 15) is 4.79 Å². The topological polar surface area (TPSA) is 68.0 Å². The second-order valence-corrected chi connectivity index (χ2v) is 5.59. The van der Waals surface area contributed by atoms with Crippen LogP contribution in [0.3, 0.4) is 0 Å². The molecule has 3 N–H and O–H groups in total. The summed E-state index contributed by atoms with van der Waals surface area (Å²) in [5.41, 5.74) is 6.14. The molecule has 5 heteroatoms. The molecular weight excluding hydrogens is 282 g/mol. The molecule has 0 aliphatic heterocycles. The summed E-state index contributed by atoms with van der Waals surface area (Å²) in [4.78, 5) is 16.0. The molecule has 1 amide bonds. The fourth-order valence-electron chi connectivity index (χ4n) is 2.23. The van der Waals surface area contributed by atoms with E-state index in [0.29, 0.717) is 11.5 Å². The third-order valence-corrected chi connectivity index (χ3v) is 3.59. The van der Waals surface area contributed by atoms with Crippen molar-refractivity contribution in [3.63, 3.8) is 0 Å². The van der Waals surface area contributed by atoms with Crippen molar-refractivity contribution in [1.82, 2.24) is 10.3 Å². The molecule has 1 aromatic heterocycles. The Morgan fingerprint density at radius 3 is 3.00 bits per heavy atom. The van der Waals surface area contributed by atoms with Gasteiger partial charge in [0.25, 0.3) is 5.91 Å². The number of hydrogen-bond donors (Lipinski definition) is 2. The van der Waals surface area contributed by atoms with Gasteiger partial charge < -0.3 is 11.1 Å². The highest BCUT2D eigenvalue weighted by molar-refractivity contribution is 9.10. The van der Waals surface area contributed by atoms with Gasteiger partial charge in [-0.3, -0.25) is 4.79 Å². The number of aromatic nitrogens is 1. The monoisotopic (exact) mass is 297 g/mol. The minimum Gasteiger partial charge on any atom is -0.383 e. The number of nitrogens with one attached hydrogen (secondary N) is 1. The van der Waals surface area contributed by atoms with E-state index in [-0.39, 0.29) is 17.8 Å². The normalized spacial score (nSPS) is 23.6. The first-order valence-electron chi connectivity index (χ1n) is 5.78. The number of rotatable bonds is 2. The molecule has 0 spiro atoms. The van der Waals surface area contributed by atoms with Crippen LogP contribution >= 0.6 is 15.9 Å². The number of nitrogen functional groups attached to an aromatic ring is 1. The number of carbonyl (C=O) groups is 1. The Hall–Kier alpha value is -1.10. The average molecular weight is 298 g/mol. The number of hydrogen-bond acceptors (Lipinski definition) is 3. The molecule has 17 heavy (non-hydrogen) atoms. The lowest BCUT2D eigenvalue weighted by Gasteiger charge is -2.13. The zero-order chi connectivity index (χ0) is 12.4. The number of nitrogens with zero attached hydrogens (tertiary/aromatic N) is 1.